The summed E-state index contributed by atoms with van der Waals surface area (Å²) in [5.41, 5.74) is 0.795. The molecule has 0 amide bonds. The summed E-state index contributed by atoms with van der Waals surface area (Å²) in [7, 11) is 1.36. The van der Waals surface area contributed by atoms with Gasteiger partial charge in [-0.15, -0.1) is 0 Å². The van der Waals surface area contributed by atoms with Crippen LogP contribution in [-0.2, 0) is 16.1 Å². The Morgan fingerprint density at radius 3 is 3.07 bits per heavy atom. The standard InChI is InChI=1S/C9H13N3O2/c1-7(9(13)14-2)10-6-8-4-3-5-11-12-8/h3-5,7,10H,6H2,1-2H3. The Morgan fingerprint density at radius 2 is 2.50 bits per heavy atom. The number of carbonyl (C=O) groups excluding carboxylic acids is 1. The summed E-state index contributed by atoms with van der Waals surface area (Å²) in [6, 6.07) is 3.30. The predicted octanol–water partition coefficient (Wildman–Crippen LogP) is 0.128. The summed E-state index contributed by atoms with van der Waals surface area (Å²) < 4.78 is 4.56. The molecule has 1 atom stereocenters. The van der Waals surface area contributed by atoms with Gasteiger partial charge in [-0.2, -0.15) is 10.2 Å². The minimum atomic E-state index is -0.331. The maximum absolute atomic E-state index is 11.0. The van der Waals surface area contributed by atoms with Crippen molar-refractivity contribution in [3.63, 3.8) is 0 Å². The lowest BCUT2D eigenvalue weighted by atomic mass is 10.3. The van der Waals surface area contributed by atoms with Crippen LogP contribution in [0.2, 0.25) is 0 Å². The molecule has 5 heteroatoms. The van der Waals surface area contributed by atoms with Crippen molar-refractivity contribution in [2.24, 2.45) is 0 Å². The maximum Gasteiger partial charge on any atom is 0.322 e. The van der Waals surface area contributed by atoms with Crippen LogP contribution in [0, 0.1) is 0 Å². The Balaban J connectivity index is 2.38. The molecule has 0 saturated heterocycles. The molecular formula is C9H13N3O2. The van der Waals surface area contributed by atoms with Crippen molar-refractivity contribution in [2.45, 2.75) is 19.5 Å². The fraction of sp³-hybridized carbons (Fsp3) is 0.444. The Labute approximate surface area is 82.5 Å². The molecule has 0 spiro atoms. The van der Waals surface area contributed by atoms with Crippen LogP contribution in [0.3, 0.4) is 0 Å². The first-order valence-electron chi connectivity index (χ1n) is 4.32. The largest absolute Gasteiger partial charge is 0.468 e. The van der Waals surface area contributed by atoms with E-state index in [1.165, 1.54) is 7.11 Å². The van der Waals surface area contributed by atoms with Crippen molar-refractivity contribution >= 4 is 5.97 Å². The van der Waals surface area contributed by atoms with Gasteiger partial charge in [0.2, 0.25) is 0 Å². The lowest BCUT2D eigenvalue weighted by Crippen LogP contribution is -2.34. The number of rotatable bonds is 4. The SMILES string of the molecule is COC(=O)C(C)NCc1cccnn1. The molecule has 1 heterocycles. The van der Waals surface area contributed by atoms with Crippen molar-refractivity contribution in [3.05, 3.63) is 24.0 Å². The average molecular weight is 195 g/mol. The van der Waals surface area contributed by atoms with Crippen LogP contribution in [0.4, 0.5) is 0 Å². The smallest absolute Gasteiger partial charge is 0.322 e. The number of nitrogens with one attached hydrogen (secondary N) is 1. The van der Waals surface area contributed by atoms with Crippen LogP contribution >= 0.6 is 0 Å². The molecule has 0 radical (unpaired) electrons. The molecule has 0 fully saturated rings. The van der Waals surface area contributed by atoms with E-state index in [0.717, 1.165) is 5.69 Å². The van der Waals surface area contributed by atoms with Crippen molar-refractivity contribution in [2.75, 3.05) is 7.11 Å². The third kappa shape index (κ3) is 3.10. The molecular weight excluding hydrogens is 182 g/mol. The van der Waals surface area contributed by atoms with E-state index < -0.39 is 0 Å². The van der Waals surface area contributed by atoms with Gasteiger partial charge >= 0.3 is 5.97 Å². The lowest BCUT2D eigenvalue weighted by molar-refractivity contribution is -0.142. The van der Waals surface area contributed by atoms with E-state index in [9.17, 15) is 4.79 Å². The number of hydrogen-bond acceptors (Lipinski definition) is 5. The molecule has 0 aliphatic rings. The Bertz CT molecular complexity index is 289. The molecule has 0 aliphatic heterocycles. The molecule has 0 aromatic carbocycles. The second-order valence-electron chi connectivity index (χ2n) is 2.84. The number of aromatic nitrogens is 2. The molecule has 1 aromatic heterocycles. The summed E-state index contributed by atoms with van der Waals surface area (Å²) in [4.78, 5) is 11.0. The Kier molecular flexibility index (Phi) is 4.00. The predicted molar refractivity (Wildman–Crippen MR) is 50.3 cm³/mol. The van der Waals surface area contributed by atoms with Crippen molar-refractivity contribution in [1.82, 2.24) is 15.5 Å². The molecule has 1 N–H and O–H groups in total. The van der Waals surface area contributed by atoms with Gasteiger partial charge in [0.05, 0.1) is 12.8 Å². The highest BCUT2D eigenvalue weighted by molar-refractivity contribution is 5.74. The van der Waals surface area contributed by atoms with Gasteiger partial charge in [-0.05, 0) is 19.1 Å². The molecule has 1 rings (SSSR count). The highest BCUT2D eigenvalue weighted by Crippen LogP contribution is 1.92. The van der Waals surface area contributed by atoms with Crippen molar-refractivity contribution in [1.29, 1.82) is 0 Å². The number of ether oxygens (including phenoxy) is 1. The summed E-state index contributed by atoms with van der Waals surface area (Å²) in [6.45, 7) is 2.24. The first-order chi connectivity index (χ1) is 6.74. The topological polar surface area (TPSA) is 64.1 Å². The van der Waals surface area contributed by atoms with Crippen LogP contribution < -0.4 is 5.32 Å². The van der Waals surface area contributed by atoms with Gasteiger partial charge in [-0.25, -0.2) is 0 Å². The van der Waals surface area contributed by atoms with Crippen LogP contribution in [0.25, 0.3) is 0 Å². The van der Waals surface area contributed by atoms with Crippen molar-refractivity contribution in [3.8, 4) is 0 Å². The minimum absolute atomic E-state index is 0.283. The van der Waals surface area contributed by atoms with Crippen molar-refractivity contribution < 1.29 is 9.53 Å². The van der Waals surface area contributed by atoms with E-state index in [1.807, 2.05) is 6.07 Å². The van der Waals surface area contributed by atoms with Crippen LogP contribution in [0.1, 0.15) is 12.6 Å². The Hall–Kier alpha value is -1.49. The molecule has 0 bridgehead atoms. The average Bonchev–Trinajstić information content (AvgIpc) is 2.26. The van der Waals surface area contributed by atoms with E-state index in [1.54, 1.807) is 19.2 Å². The van der Waals surface area contributed by atoms with E-state index >= 15 is 0 Å². The van der Waals surface area contributed by atoms with Gasteiger partial charge in [-0.1, -0.05) is 0 Å². The van der Waals surface area contributed by atoms with E-state index in [2.05, 4.69) is 20.3 Å². The zero-order valence-corrected chi connectivity index (χ0v) is 8.23. The molecule has 0 aliphatic carbocycles. The second kappa shape index (κ2) is 5.29. The Morgan fingerprint density at radius 1 is 1.71 bits per heavy atom. The molecule has 1 unspecified atom stereocenters. The first-order valence-corrected chi connectivity index (χ1v) is 4.32. The second-order valence-corrected chi connectivity index (χ2v) is 2.84. The zero-order chi connectivity index (χ0) is 10.4. The zero-order valence-electron chi connectivity index (χ0n) is 8.23. The highest BCUT2D eigenvalue weighted by Gasteiger charge is 2.11. The number of esters is 1. The van der Waals surface area contributed by atoms with E-state index in [0.29, 0.717) is 6.54 Å². The maximum atomic E-state index is 11.0. The molecule has 14 heavy (non-hydrogen) atoms. The number of hydrogen-bond donors (Lipinski definition) is 1. The van der Waals surface area contributed by atoms with Gasteiger partial charge < -0.3 is 4.74 Å². The van der Waals surface area contributed by atoms with E-state index in [-0.39, 0.29) is 12.0 Å². The highest BCUT2D eigenvalue weighted by atomic mass is 16.5. The number of methoxy groups -OCH3 is 1. The van der Waals surface area contributed by atoms with Crippen LogP contribution in [0.15, 0.2) is 18.3 Å². The third-order valence-corrected chi connectivity index (χ3v) is 1.77. The molecule has 1 aromatic rings. The first kappa shape index (κ1) is 10.6. The summed E-state index contributed by atoms with van der Waals surface area (Å²) >= 11 is 0. The molecule has 76 valence electrons. The van der Waals surface area contributed by atoms with Gasteiger partial charge in [0.25, 0.3) is 0 Å². The fourth-order valence-corrected chi connectivity index (χ4v) is 0.945. The normalized spacial score (nSPS) is 12.1. The number of nitrogens with zero attached hydrogens (tertiary/aromatic N) is 2. The van der Waals surface area contributed by atoms with Gasteiger partial charge in [0.15, 0.2) is 0 Å². The fourth-order valence-electron chi connectivity index (χ4n) is 0.945. The van der Waals surface area contributed by atoms with Gasteiger partial charge in [0.1, 0.15) is 6.04 Å². The van der Waals surface area contributed by atoms with E-state index in [4.69, 9.17) is 0 Å². The summed E-state index contributed by atoms with van der Waals surface area (Å²) in [6.07, 6.45) is 1.60. The molecule has 5 nitrogen and oxygen atoms in total. The number of carbonyl (C=O) groups is 1. The van der Waals surface area contributed by atoms with Gasteiger partial charge in [-0.3, -0.25) is 10.1 Å². The third-order valence-electron chi connectivity index (χ3n) is 1.77. The lowest BCUT2D eigenvalue weighted by Gasteiger charge is -2.10. The minimum Gasteiger partial charge on any atom is -0.468 e. The van der Waals surface area contributed by atoms with Gasteiger partial charge in [0, 0.05) is 12.7 Å². The summed E-state index contributed by atoms with van der Waals surface area (Å²) in [5, 5.41) is 10.6. The quantitative estimate of drug-likeness (QED) is 0.692. The van der Waals surface area contributed by atoms with Crippen LogP contribution in [0.5, 0.6) is 0 Å². The monoisotopic (exact) mass is 195 g/mol. The van der Waals surface area contributed by atoms with Crippen LogP contribution in [-0.4, -0.2) is 29.3 Å². The summed E-state index contributed by atoms with van der Waals surface area (Å²) in [5.74, 6) is -0.283. The molecule has 0 saturated carbocycles.